The lowest BCUT2D eigenvalue weighted by Crippen LogP contribution is -2.21. The standard InChI is InChI=1S/C12H18N2O2/c1-14(8-7-12(15)16-2)9-10-3-5-11(13)6-4-10/h3-6H,7-9,13H2,1-2H3. The molecule has 4 heteroatoms. The molecular weight excluding hydrogens is 204 g/mol. The molecule has 2 N–H and O–H groups in total. The zero-order chi connectivity index (χ0) is 12.0. The van der Waals surface area contributed by atoms with Gasteiger partial charge in [0.05, 0.1) is 13.5 Å². The Balaban J connectivity index is 2.36. The Hall–Kier alpha value is -1.55. The van der Waals surface area contributed by atoms with Crippen molar-refractivity contribution in [3.05, 3.63) is 29.8 Å². The van der Waals surface area contributed by atoms with Crippen LogP contribution in [0.3, 0.4) is 0 Å². The van der Waals surface area contributed by atoms with Crippen molar-refractivity contribution in [2.24, 2.45) is 0 Å². The van der Waals surface area contributed by atoms with Gasteiger partial charge in [-0.2, -0.15) is 0 Å². The average molecular weight is 222 g/mol. The number of anilines is 1. The van der Waals surface area contributed by atoms with E-state index in [-0.39, 0.29) is 5.97 Å². The third-order valence-corrected chi connectivity index (χ3v) is 2.36. The molecule has 0 radical (unpaired) electrons. The number of ether oxygens (including phenoxy) is 1. The SMILES string of the molecule is COC(=O)CCN(C)Cc1ccc(N)cc1. The van der Waals surface area contributed by atoms with Crippen molar-refractivity contribution in [2.75, 3.05) is 26.4 Å². The highest BCUT2D eigenvalue weighted by molar-refractivity contribution is 5.69. The molecule has 0 aromatic heterocycles. The van der Waals surface area contributed by atoms with Crippen LogP contribution in [0.15, 0.2) is 24.3 Å². The van der Waals surface area contributed by atoms with Gasteiger partial charge in [0.15, 0.2) is 0 Å². The van der Waals surface area contributed by atoms with Crippen molar-refractivity contribution in [1.82, 2.24) is 4.90 Å². The minimum absolute atomic E-state index is 0.177. The van der Waals surface area contributed by atoms with Crippen LogP contribution in [0.2, 0.25) is 0 Å². The lowest BCUT2D eigenvalue weighted by atomic mass is 10.2. The molecule has 0 saturated carbocycles. The van der Waals surface area contributed by atoms with Gasteiger partial charge in [-0.25, -0.2) is 0 Å². The molecule has 0 unspecified atom stereocenters. The number of methoxy groups -OCH3 is 1. The molecule has 0 atom stereocenters. The van der Waals surface area contributed by atoms with Crippen LogP contribution in [-0.4, -0.2) is 31.6 Å². The molecule has 1 aromatic carbocycles. The normalized spacial score (nSPS) is 10.4. The van der Waals surface area contributed by atoms with E-state index in [9.17, 15) is 4.79 Å². The van der Waals surface area contributed by atoms with Gasteiger partial charge >= 0.3 is 5.97 Å². The number of hydrogen-bond donors (Lipinski definition) is 1. The van der Waals surface area contributed by atoms with Gasteiger partial charge in [-0.15, -0.1) is 0 Å². The van der Waals surface area contributed by atoms with E-state index in [4.69, 9.17) is 5.73 Å². The predicted molar refractivity (Wildman–Crippen MR) is 63.8 cm³/mol. The van der Waals surface area contributed by atoms with Gasteiger partial charge in [0.2, 0.25) is 0 Å². The molecule has 0 fully saturated rings. The number of nitrogens with two attached hydrogens (primary N) is 1. The molecule has 1 rings (SSSR count). The van der Waals surface area contributed by atoms with Gasteiger partial charge < -0.3 is 15.4 Å². The van der Waals surface area contributed by atoms with Crippen LogP contribution in [0, 0.1) is 0 Å². The summed E-state index contributed by atoms with van der Waals surface area (Å²) in [6.45, 7) is 1.49. The van der Waals surface area contributed by atoms with Gasteiger partial charge in [0.25, 0.3) is 0 Å². The summed E-state index contributed by atoms with van der Waals surface area (Å²) in [6.07, 6.45) is 0.419. The Morgan fingerprint density at radius 2 is 2.00 bits per heavy atom. The maximum absolute atomic E-state index is 10.9. The summed E-state index contributed by atoms with van der Waals surface area (Å²) >= 11 is 0. The van der Waals surface area contributed by atoms with Crippen molar-refractivity contribution in [3.8, 4) is 0 Å². The summed E-state index contributed by atoms with van der Waals surface area (Å²) in [5.41, 5.74) is 7.55. The van der Waals surface area contributed by atoms with Gasteiger partial charge in [-0.1, -0.05) is 12.1 Å². The number of benzene rings is 1. The van der Waals surface area contributed by atoms with E-state index in [2.05, 4.69) is 9.64 Å². The molecule has 0 heterocycles. The molecule has 0 saturated heterocycles. The van der Waals surface area contributed by atoms with Gasteiger partial charge in [-0.3, -0.25) is 4.79 Å². The highest BCUT2D eigenvalue weighted by atomic mass is 16.5. The molecule has 0 spiro atoms. The highest BCUT2D eigenvalue weighted by Gasteiger charge is 2.04. The summed E-state index contributed by atoms with van der Waals surface area (Å²) in [5, 5.41) is 0. The lowest BCUT2D eigenvalue weighted by molar-refractivity contribution is -0.140. The number of nitrogen functional groups attached to an aromatic ring is 1. The van der Waals surface area contributed by atoms with Crippen molar-refractivity contribution >= 4 is 11.7 Å². The summed E-state index contributed by atoms with van der Waals surface area (Å²) in [6, 6.07) is 7.74. The molecule has 88 valence electrons. The smallest absolute Gasteiger partial charge is 0.306 e. The quantitative estimate of drug-likeness (QED) is 0.602. The Bertz CT molecular complexity index is 335. The average Bonchev–Trinajstić information content (AvgIpc) is 2.29. The molecule has 4 nitrogen and oxygen atoms in total. The number of hydrogen-bond acceptors (Lipinski definition) is 4. The summed E-state index contributed by atoms with van der Waals surface area (Å²) in [7, 11) is 3.38. The monoisotopic (exact) mass is 222 g/mol. The summed E-state index contributed by atoms with van der Waals surface area (Å²) < 4.78 is 4.58. The predicted octanol–water partition coefficient (Wildman–Crippen LogP) is 1.26. The maximum Gasteiger partial charge on any atom is 0.306 e. The van der Waals surface area contributed by atoms with E-state index in [1.165, 1.54) is 12.7 Å². The van der Waals surface area contributed by atoms with Crippen LogP contribution in [0.4, 0.5) is 5.69 Å². The van der Waals surface area contributed by atoms with E-state index in [0.717, 1.165) is 12.2 Å². The third-order valence-electron chi connectivity index (χ3n) is 2.36. The number of rotatable bonds is 5. The molecule has 0 aliphatic rings. The van der Waals surface area contributed by atoms with E-state index >= 15 is 0 Å². The topological polar surface area (TPSA) is 55.6 Å². The number of carbonyl (C=O) groups excluding carboxylic acids is 1. The van der Waals surface area contributed by atoms with E-state index in [0.29, 0.717) is 13.0 Å². The zero-order valence-electron chi connectivity index (χ0n) is 9.77. The molecule has 0 amide bonds. The number of esters is 1. The molecule has 0 aliphatic heterocycles. The highest BCUT2D eigenvalue weighted by Crippen LogP contribution is 2.07. The fourth-order valence-electron chi connectivity index (χ4n) is 1.40. The first kappa shape index (κ1) is 12.5. The first-order chi connectivity index (χ1) is 7.61. The van der Waals surface area contributed by atoms with Gasteiger partial charge in [0, 0.05) is 18.8 Å². The van der Waals surface area contributed by atoms with E-state index in [1.54, 1.807) is 0 Å². The minimum atomic E-state index is -0.177. The van der Waals surface area contributed by atoms with Crippen molar-refractivity contribution < 1.29 is 9.53 Å². The second-order valence-electron chi connectivity index (χ2n) is 3.81. The Morgan fingerprint density at radius 3 is 2.56 bits per heavy atom. The van der Waals surface area contributed by atoms with E-state index in [1.807, 2.05) is 31.3 Å². The van der Waals surface area contributed by atoms with Crippen LogP contribution >= 0.6 is 0 Å². The van der Waals surface area contributed by atoms with Gasteiger partial charge in [-0.05, 0) is 24.7 Å². The Labute approximate surface area is 96.0 Å². The molecule has 0 aliphatic carbocycles. The molecule has 1 aromatic rings. The molecule has 16 heavy (non-hydrogen) atoms. The zero-order valence-corrected chi connectivity index (χ0v) is 9.77. The fourth-order valence-corrected chi connectivity index (χ4v) is 1.40. The van der Waals surface area contributed by atoms with Crippen LogP contribution in [0.1, 0.15) is 12.0 Å². The first-order valence-electron chi connectivity index (χ1n) is 5.21. The summed E-state index contributed by atoms with van der Waals surface area (Å²) in [5.74, 6) is -0.177. The largest absolute Gasteiger partial charge is 0.469 e. The van der Waals surface area contributed by atoms with Crippen LogP contribution < -0.4 is 5.73 Å². The Morgan fingerprint density at radius 1 is 1.38 bits per heavy atom. The molecular formula is C12H18N2O2. The second-order valence-corrected chi connectivity index (χ2v) is 3.81. The van der Waals surface area contributed by atoms with Crippen molar-refractivity contribution in [2.45, 2.75) is 13.0 Å². The van der Waals surface area contributed by atoms with E-state index < -0.39 is 0 Å². The van der Waals surface area contributed by atoms with Crippen molar-refractivity contribution in [1.29, 1.82) is 0 Å². The van der Waals surface area contributed by atoms with Crippen LogP contribution in [0.5, 0.6) is 0 Å². The minimum Gasteiger partial charge on any atom is -0.469 e. The first-order valence-corrected chi connectivity index (χ1v) is 5.21. The Kier molecular flexibility index (Phi) is 4.79. The third kappa shape index (κ3) is 4.31. The summed E-state index contributed by atoms with van der Waals surface area (Å²) in [4.78, 5) is 13.0. The number of carbonyl (C=O) groups is 1. The van der Waals surface area contributed by atoms with Gasteiger partial charge in [0.1, 0.15) is 0 Å². The van der Waals surface area contributed by atoms with Crippen LogP contribution in [0.25, 0.3) is 0 Å². The van der Waals surface area contributed by atoms with Crippen molar-refractivity contribution in [3.63, 3.8) is 0 Å². The maximum atomic E-state index is 10.9. The second kappa shape index (κ2) is 6.12. The lowest BCUT2D eigenvalue weighted by Gasteiger charge is -2.15. The fraction of sp³-hybridized carbons (Fsp3) is 0.417. The van der Waals surface area contributed by atoms with Crippen LogP contribution in [-0.2, 0) is 16.1 Å². The molecule has 0 bridgehead atoms. The number of nitrogens with zero attached hydrogens (tertiary/aromatic N) is 1.